The van der Waals surface area contributed by atoms with Crippen molar-refractivity contribution in [2.75, 3.05) is 26.4 Å². The van der Waals surface area contributed by atoms with Gasteiger partial charge in [-0.15, -0.1) is 0 Å². The van der Waals surface area contributed by atoms with Crippen molar-refractivity contribution >= 4 is 10.0 Å². The van der Waals surface area contributed by atoms with Gasteiger partial charge in [-0.05, 0) is 19.1 Å². The maximum Gasteiger partial charge on any atom is 0.211 e. The molecular formula is C10H19N2O3S+. The second-order valence-corrected chi connectivity index (χ2v) is 5.99. The average Bonchev–Trinajstić information content (AvgIpc) is 2.71. The molecule has 1 heterocycles. The van der Waals surface area contributed by atoms with Gasteiger partial charge in [0.25, 0.3) is 0 Å². The normalized spacial score (nSPS) is 14.2. The van der Waals surface area contributed by atoms with Crippen molar-refractivity contribution in [3.63, 3.8) is 0 Å². The van der Waals surface area contributed by atoms with Gasteiger partial charge in [-0.3, -0.25) is 0 Å². The Labute approximate surface area is 96.5 Å². The van der Waals surface area contributed by atoms with Crippen LogP contribution in [0.1, 0.15) is 18.7 Å². The monoisotopic (exact) mass is 247 g/mol. The van der Waals surface area contributed by atoms with Crippen molar-refractivity contribution in [2.24, 2.45) is 0 Å². The average molecular weight is 247 g/mol. The van der Waals surface area contributed by atoms with E-state index in [4.69, 9.17) is 4.42 Å². The summed E-state index contributed by atoms with van der Waals surface area (Å²) in [6, 6.07) is 3.66. The summed E-state index contributed by atoms with van der Waals surface area (Å²) < 4.78 is 30.6. The third-order valence-corrected chi connectivity index (χ3v) is 3.84. The summed E-state index contributed by atoms with van der Waals surface area (Å²) in [5, 5.41) is 0. The summed E-state index contributed by atoms with van der Waals surface area (Å²) in [6.45, 7) is 1.97. The van der Waals surface area contributed by atoms with E-state index in [1.165, 1.54) is 0 Å². The molecule has 0 aromatic carbocycles. The first-order chi connectivity index (χ1) is 7.46. The Balaban J connectivity index is 2.68. The number of hydrogen-bond donors (Lipinski definition) is 2. The van der Waals surface area contributed by atoms with Crippen molar-refractivity contribution in [3.05, 3.63) is 24.2 Å². The van der Waals surface area contributed by atoms with Crippen LogP contribution in [0.25, 0.3) is 0 Å². The number of likely N-dealkylation sites (N-methyl/N-ethyl adjacent to an activating group) is 1. The van der Waals surface area contributed by atoms with Crippen molar-refractivity contribution < 1.29 is 17.7 Å². The van der Waals surface area contributed by atoms with E-state index >= 15 is 0 Å². The molecule has 0 spiro atoms. The second-order valence-electron chi connectivity index (χ2n) is 3.90. The first-order valence-electron chi connectivity index (χ1n) is 5.27. The smallest absolute Gasteiger partial charge is 0.211 e. The van der Waals surface area contributed by atoms with E-state index < -0.39 is 10.0 Å². The van der Waals surface area contributed by atoms with Gasteiger partial charge in [0.2, 0.25) is 10.0 Å². The van der Waals surface area contributed by atoms with Crippen LogP contribution in [0.3, 0.4) is 0 Å². The predicted molar refractivity (Wildman–Crippen MR) is 61.7 cm³/mol. The zero-order chi connectivity index (χ0) is 12.2. The lowest BCUT2D eigenvalue weighted by Crippen LogP contribution is -3.07. The molecule has 0 amide bonds. The van der Waals surface area contributed by atoms with Crippen LogP contribution in [0.2, 0.25) is 0 Å². The van der Waals surface area contributed by atoms with Crippen LogP contribution in [-0.4, -0.2) is 34.8 Å². The van der Waals surface area contributed by atoms with Crippen LogP contribution in [0.5, 0.6) is 0 Å². The van der Waals surface area contributed by atoms with Gasteiger partial charge in [0.1, 0.15) is 0 Å². The first-order valence-corrected chi connectivity index (χ1v) is 6.92. The Morgan fingerprint density at radius 3 is 2.62 bits per heavy atom. The largest absolute Gasteiger partial charge is 0.463 e. The molecule has 6 heteroatoms. The summed E-state index contributed by atoms with van der Waals surface area (Å²) >= 11 is 0. The molecule has 0 unspecified atom stereocenters. The number of furan rings is 1. The zero-order valence-corrected chi connectivity index (χ0v) is 10.7. The summed E-state index contributed by atoms with van der Waals surface area (Å²) in [7, 11) is 0.787. The van der Waals surface area contributed by atoms with E-state index in [1.54, 1.807) is 19.3 Å². The summed E-state index contributed by atoms with van der Waals surface area (Å²) in [5.41, 5.74) is 0. The molecule has 92 valence electrons. The fraction of sp³-hybridized carbons (Fsp3) is 0.600. The Bertz CT molecular complexity index is 398. The molecule has 0 radical (unpaired) electrons. The minimum Gasteiger partial charge on any atom is -0.463 e. The van der Waals surface area contributed by atoms with Gasteiger partial charge in [-0.1, -0.05) is 0 Å². The Hall–Kier alpha value is -0.850. The molecule has 1 atom stereocenters. The molecule has 0 saturated heterocycles. The number of rotatable bonds is 6. The van der Waals surface area contributed by atoms with Crippen LogP contribution in [0.4, 0.5) is 0 Å². The highest BCUT2D eigenvalue weighted by molar-refractivity contribution is 7.89. The molecule has 2 N–H and O–H groups in total. The van der Waals surface area contributed by atoms with Gasteiger partial charge < -0.3 is 9.32 Å². The Morgan fingerprint density at radius 1 is 1.50 bits per heavy atom. The van der Waals surface area contributed by atoms with Gasteiger partial charge >= 0.3 is 0 Å². The summed E-state index contributed by atoms with van der Waals surface area (Å²) in [6.07, 6.45) is 1.60. The molecule has 5 nitrogen and oxygen atoms in total. The van der Waals surface area contributed by atoms with Gasteiger partial charge in [0, 0.05) is 0 Å². The maximum atomic E-state index is 11.3. The van der Waals surface area contributed by atoms with E-state index in [9.17, 15) is 8.42 Å². The predicted octanol–water partition coefficient (Wildman–Crippen LogP) is -0.595. The standard InChI is InChI=1S/C10H18N2O3S/c1-4-16(13,14)11-8-9(12(2)3)10-6-5-7-15-10/h5-7,9,11H,4,8H2,1-3H3/p+1/t9-/m1/s1. The van der Waals surface area contributed by atoms with Crippen LogP contribution in [0.15, 0.2) is 22.8 Å². The molecule has 16 heavy (non-hydrogen) atoms. The highest BCUT2D eigenvalue weighted by Gasteiger charge is 2.22. The van der Waals surface area contributed by atoms with Gasteiger partial charge in [-0.2, -0.15) is 0 Å². The molecule has 1 aromatic rings. The van der Waals surface area contributed by atoms with Crippen molar-refractivity contribution in [2.45, 2.75) is 13.0 Å². The molecule has 1 aromatic heterocycles. The zero-order valence-electron chi connectivity index (χ0n) is 9.86. The van der Waals surface area contributed by atoms with E-state index in [1.807, 2.05) is 20.2 Å². The number of nitrogens with one attached hydrogen (secondary N) is 2. The van der Waals surface area contributed by atoms with E-state index in [0.717, 1.165) is 10.7 Å². The molecule has 0 aliphatic carbocycles. The lowest BCUT2D eigenvalue weighted by molar-refractivity contribution is -0.891. The molecular weight excluding hydrogens is 228 g/mol. The van der Waals surface area contributed by atoms with Crippen LogP contribution < -0.4 is 9.62 Å². The SMILES string of the molecule is CCS(=O)(=O)NC[C@H](c1ccco1)[NH+](C)C. The molecule has 0 bridgehead atoms. The third kappa shape index (κ3) is 3.62. The fourth-order valence-corrected chi connectivity index (χ4v) is 2.02. The Morgan fingerprint density at radius 2 is 2.19 bits per heavy atom. The number of quaternary nitrogens is 1. The molecule has 1 rings (SSSR count). The van der Waals surface area contributed by atoms with Crippen LogP contribution in [0, 0.1) is 0 Å². The Kier molecular flexibility index (Phi) is 4.52. The maximum absolute atomic E-state index is 11.3. The minimum absolute atomic E-state index is 0.00340. The van der Waals surface area contributed by atoms with E-state index in [-0.39, 0.29) is 11.8 Å². The van der Waals surface area contributed by atoms with E-state index in [0.29, 0.717) is 6.54 Å². The fourth-order valence-electron chi connectivity index (χ4n) is 1.39. The summed E-state index contributed by atoms with van der Waals surface area (Å²) in [4.78, 5) is 1.12. The molecule has 0 fully saturated rings. The van der Waals surface area contributed by atoms with Crippen LogP contribution >= 0.6 is 0 Å². The highest BCUT2D eigenvalue weighted by atomic mass is 32.2. The van der Waals surface area contributed by atoms with Gasteiger partial charge in [0.15, 0.2) is 11.8 Å². The highest BCUT2D eigenvalue weighted by Crippen LogP contribution is 2.09. The van der Waals surface area contributed by atoms with Crippen molar-refractivity contribution in [1.29, 1.82) is 0 Å². The third-order valence-electron chi connectivity index (χ3n) is 2.47. The first kappa shape index (κ1) is 13.2. The minimum atomic E-state index is -3.14. The molecule has 0 aliphatic rings. The molecule has 0 saturated carbocycles. The lowest BCUT2D eigenvalue weighted by Gasteiger charge is -2.19. The molecule has 0 aliphatic heterocycles. The van der Waals surface area contributed by atoms with Crippen molar-refractivity contribution in [1.82, 2.24) is 4.72 Å². The lowest BCUT2D eigenvalue weighted by atomic mass is 10.2. The van der Waals surface area contributed by atoms with Gasteiger partial charge in [0.05, 0.1) is 32.7 Å². The summed E-state index contributed by atoms with van der Waals surface area (Å²) in [5.74, 6) is 0.888. The number of sulfonamides is 1. The van der Waals surface area contributed by atoms with Crippen LogP contribution in [-0.2, 0) is 10.0 Å². The quantitative estimate of drug-likeness (QED) is 0.706. The van der Waals surface area contributed by atoms with E-state index in [2.05, 4.69) is 4.72 Å². The topological polar surface area (TPSA) is 63.8 Å². The number of hydrogen-bond acceptors (Lipinski definition) is 3. The van der Waals surface area contributed by atoms with Crippen molar-refractivity contribution in [3.8, 4) is 0 Å². The second kappa shape index (κ2) is 5.47. The van der Waals surface area contributed by atoms with Gasteiger partial charge in [-0.25, -0.2) is 13.1 Å².